The van der Waals surface area contributed by atoms with Gasteiger partial charge in [-0.05, 0) is 23.6 Å². The first-order chi connectivity index (χ1) is 11.1. The van der Waals surface area contributed by atoms with Crippen molar-refractivity contribution in [2.45, 2.75) is 19.4 Å². The first-order valence-electron chi connectivity index (χ1n) is 6.95. The van der Waals surface area contributed by atoms with Gasteiger partial charge < -0.3 is 9.42 Å². The van der Waals surface area contributed by atoms with Gasteiger partial charge in [-0.1, -0.05) is 16.8 Å². The van der Waals surface area contributed by atoms with Gasteiger partial charge in [-0.3, -0.25) is 4.79 Å². The van der Waals surface area contributed by atoms with Crippen LogP contribution in [0.15, 0.2) is 33.5 Å². The molecule has 0 aliphatic heterocycles. The van der Waals surface area contributed by atoms with Crippen LogP contribution in [0.2, 0.25) is 4.34 Å². The topological polar surface area (TPSA) is 59.2 Å². The van der Waals surface area contributed by atoms with E-state index in [1.54, 1.807) is 23.3 Å². The summed E-state index contributed by atoms with van der Waals surface area (Å²) in [5.41, 5.74) is 0.933. The Kier molecular flexibility index (Phi) is 5.09. The number of rotatable bonds is 6. The van der Waals surface area contributed by atoms with E-state index in [0.29, 0.717) is 31.1 Å². The molecule has 0 aliphatic rings. The van der Waals surface area contributed by atoms with E-state index in [4.69, 9.17) is 16.1 Å². The average Bonchev–Trinajstić information content (AvgIpc) is 3.26. The summed E-state index contributed by atoms with van der Waals surface area (Å²) in [4.78, 5) is 19.2. The first kappa shape index (κ1) is 16.2. The molecule has 0 N–H and O–H groups in total. The van der Waals surface area contributed by atoms with Gasteiger partial charge in [-0.15, -0.1) is 11.3 Å². The number of hydrogen-bond acceptors (Lipinski definition) is 6. The highest BCUT2D eigenvalue weighted by Gasteiger charge is 2.14. The number of thiophene rings is 2. The monoisotopic (exact) mass is 367 g/mol. The lowest BCUT2D eigenvalue weighted by Gasteiger charge is -2.15. The summed E-state index contributed by atoms with van der Waals surface area (Å²) in [6.45, 7) is 0.556. The maximum atomic E-state index is 12.2. The number of nitrogens with zero attached hydrogens (tertiary/aromatic N) is 3. The molecule has 0 bridgehead atoms. The number of halogens is 1. The third-order valence-corrected chi connectivity index (χ3v) is 5.15. The fourth-order valence-electron chi connectivity index (χ4n) is 2.03. The molecular formula is C15H14ClN3O2S2. The summed E-state index contributed by atoms with van der Waals surface area (Å²) >= 11 is 8.96. The molecule has 8 heteroatoms. The molecule has 5 nitrogen and oxygen atoms in total. The predicted octanol–water partition coefficient (Wildman–Crippen LogP) is 4.10. The Morgan fingerprint density at radius 2 is 2.26 bits per heavy atom. The van der Waals surface area contributed by atoms with E-state index in [1.807, 2.05) is 29.0 Å². The lowest BCUT2D eigenvalue weighted by molar-refractivity contribution is -0.130. The summed E-state index contributed by atoms with van der Waals surface area (Å²) in [6, 6.07) is 5.70. The lowest BCUT2D eigenvalue weighted by Crippen LogP contribution is -2.26. The lowest BCUT2D eigenvalue weighted by atomic mass is 10.2. The fraction of sp³-hybridized carbons (Fsp3) is 0.267. The molecular weight excluding hydrogens is 354 g/mol. The van der Waals surface area contributed by atoms with Crippen LogP contribution in [0.25, 0.3) is 11.4 Å². The van der Waals surface area contributed by atoms with Crippen molar-refractivity contribution in [3.8, 4) is 11.4 Å². The number of aryl methyl sites for hydroxylation is 1. The summed E-state index contributed by atoms with van der Waals surface area (Å²) in [5, 5.41) is 7.85. The summed E-state index contributed by atoms with van der Waals surface area (Å²) < 4.78 is 5.93. The van der Waals surface area contributed by atoms with Crippen LogP contribution >= 0.6 is 34.3 Å². The van der Waals surface area contributed by atoms with Crippen molar-refractivity contribution >= 4 is 40.2 Å². The molecule has 23 heavy (non-hydrogen) atoms. The van der Waals surface area contributed by atoms with Crippen LogP contribution in [0.3, 0.4) is 0 Å². The predicted molar refractivity (Wildman–Crippen MR) is 91.7 cm³/mol. The number of aromatic nitrogens is 2. The minimum Gasteiger partial charge on any atom is -0.341 e. The largest absolute Gasteiger partial charge is 0.341 e. The average molecular weight is 368 g/mol. The Morgan fingerprint density at radius 3 is 2.96 bits per heavy atom. The molecule has 0 aliphatic carbocycles. The second-order valence-corrected chi connectivity index (χ2v) is 7.56. The Morgan fingerprint density at radius 1 is 1.39 bits per heavy atom. The van der Waals surface area contributed by atoms with Crippen molar-refractivity contribution in [1.29, 1.82) is 0 Å². The highest BCUT2D eigenvalue weighted by Crippen LogP contribution is 2.23. The zero-order valence-electron chi connectivity index (χ0n) is 12.4. The van der Waals surface area contributed by atoms with Gasteiger partial charge in [0.05, 0.1) is 10.9 Å². The van der Waals surface area contributed by atoms with Gasteiger partial charge in [0.15, 0.2) is 0 Å². The van der Waals surface area contributed by atoms with E-state index in [9.17, 15) is 4.79 Å². The van der Waals surface area contributed by atoms with Crippen molar-refractivity contribution in [2.75, 3.05) is 7.05 Å². The zero-order valence-corrected chi connectivity index (χ0v) is 14.7. The quantitative estimate of drug-likeness (QED) is 0.658. The number of amides is 1. The molecule has 0 spiro atoms. The molecule has 0 radical (unpaired) electrons. The molecule has 3 heterocycles. The van der Waals surface area contributed by atoms with Crippen LogP contribution in [-0.4, -0.2) is 28.0 Å². The van der Waals surface area contributed by atoms with E-state index in [2.05, 4.69) is 10.1 Å². The smallest absolute Gasteiger partial charge is 0.227 e. The third-order valence-electron chi connectivity index (χ3n) is 3.25. The molecule has 0 unspecified atom stereocenters. The van der Waals surface area contributed by atoms with Crippen LogP contribution in [0.1, 0.15) is 17.2 Å². The zero-order chi connectivity index (χ0) is 16.2. The van der Waals surface area contributed by atoms with Gasteiger partial charge in [0.1, 0.15) is 0 Å². The van der Waals surface area contributed by atoms with E-state index in [-0.39, 0.29) is 5.91 Å². The molecule has 1 amide bonds. The van der Waals surface area contributed by atoms with E-state index in [0.717, 1.165) is 14.8 Å². The fourth-order valence-corrected chi connectivity index (χ4v) is 3.80. The molecule has 0 saturated heterocycles. The molecule has 3 aromatic rings. The number of carbonyl (C=O) groups is 1. The molecule has 0 saturated carbocycles. The molecule has 0 atom stereocenters. The van der Waals surface area contributed by atoms with Crippen LogP contribution in [-0.2, 0) is 17.8 Å². The highest BCUT2D eigenvalue weighted by atomic mass is 35.5. The van der Waals surface area contributed by atoms with Gasteiger partial charge in [0, 0.05) is 35.7 Å². The van der Waals surface area contributed by atoms with Crippen LogP contribution in [0.5, 0.6) is 0 Å². The second kappa shape index (κ2) is 7.25. The van der Waals surface area contributed by atoms with Crippen molar-refractivity contribution in [3.63, 3.8) is 0 Å². The minimum atomic E-state index is 0.0322. The van der Waals surface area contributed by atoms with Crippen LogP contribution < -0.4 is 0 Å². The molecule has 3 aromatic heterocycles. The maximum absolute atomic E-state index is 12.2. The number of hydrogen-bond donors (Lipinski definition) is 0. The van der Waals surface area contributed by atoms with Crippen LogP contribution in [0, 0.1) is 0 Å². The van der Waals surface area contributed by atoms with Gasteiger partial charge in [-0.2, -0.15) is 16.3 Å². The van der Waals surface area contributed by atoms with Gasteiger partial charge in [0.25, 0.3) is 0 Å². The Balaban J connectivity index is 1.52. The van der Waals surface area contributed by atoms with Crippen molar-refractivity contribution in [1.82, 2.24) is 15.0 Å². The van der Waals surface area contributed by atoms with E-state index < -0.39 is 0 Å². The van der Waals surface area contributed by atoms with Gasteiger partial charge in [0.2, 0.25) is 17.6 Å². The Bertz CT molecular complexity index is 782. The van der Waals surface area contributed by atoms with E-state index >= 15 is 0 Å². The third kappa shape index (κ3) is 4.19. The van der Waals surface area contributed by atoms with Gasteiger partial charge in [-0.25, -0.2) is 0 Å². The normalized spacial score (nSPS) is 10.9. The SMILES string of the molecule is CN(Cc1ccc(Cl)s1)C(=O)CCc1nc(-c2ccsc2)no1. The Labute approximate surface area is 146 Å². The highest BCUT2D eigenvalue weighted by molar-refractivity contribution is 7.16. The standard InChI is InChI=1S/C15H14ClN3O2S2/c1-19(8-11-2-3-12(16)23-11)14(20)5-4-13-17-15(18-21-13)10-6-7-22-9-10/h2-3,6-7,9H,4-5,8H2,1H3. The number of carbonyl (C=O) groups excluding carboxylic acids is 1. The van der Waals surface area contributed by atoms with Gasteiger partial charge >= 0.3 is 0 Å². The van der Waals surface area contributed by atoms with Crippen molar-refractivity contribution in [2.24, 2.45) is 0 Å². The minimum absolute atomic E-state index is 0.0322. The summed E-state index contributed by atoms with van der Waals surface area (Å²) in [7, 11) is 1.78. The van der Waals surface area contributed by atoms with E-state index in [1.165, 1.54) is 11.3 Å². The van der Waals surface area contributed by atoms with Crippen LogP contribution in [0.4, 0.5) is 0 Å². The van der Waals surface area contributed by atoms with Crippen molar-refractivity contribution < 1.29 is 9.32 Å². The first-order valence-corrected chi connectivity index (χ1v) is 9.09. The summed E-state index contributed by atoms with van der Waals surface area (Å²) in [6.07, 6.45) is 0.770. The molecule has 120 valence electrons. The molecule has 3 rings (SSSR count). The molecule has 0 aromatic carbocycles. The Hall–Kier alpha value is -1.70. The summed E-state index contributed by atoms with van der Waals surface area (Å²) in [5.74, 6) is 1.08. The van der Waals surface area contributed by atoms with Crippen molar-refractivity contribution in [3.05, 3.63) is 44.1 Å². The second-order valence-electron chi connectivity index (χ2n) is 4.98. The molecule has 0 fully saturated rings. The maximum Gasteiger partial charge on any atom is 0.227 e.